The first kappa shape index (κ1) is 25.4. The standard InChI is InChI=1S/C27H29F4N5O/c1-16-19(6-4-7-21(16)27(29,30)31)17(2)33-25-20-14-23(26(28)9-12-35(13-10-26)18(3)37)32-15-22(20)36-11-5-8-24(36)34-25/h4,6-7,14-15,17H,5,8-13H2,1-3H3. The Balaban J connectivity index is 1.61. The normalized spacial score (nSPS) is 18.8. The Labute approximate surface area is 212 Å². The molecule has 1 fully saturated rings. The second kappa shape index (κ2) is 9.22. The first-order valence-corrected chi connectivity index (χ1v) is 12.5. The maximum Gasteiger partial charge on any atom is 0.416 e. The molecular formula is C27H29F4N5O. The van der Waals surface area contributed by atoms with Gasteiger partial charge in [-0.1, -0.05) is 12.1 Å². The van der Waals surface area contributed by atoms with Crippen LogP contribution in [-0.2, 0) is 29.6 Å². The summed E-state index contributed by atoms with van der Waals surface area (Å²) in [6, 6.07) is 5.19. The molecule has 1 saturated heterocycles. The van der Waals surface area contributed by atoms with Gasteiger partial charge in [-0.25, -0.2) is 9.37 Å². The van der Waals surface area contributed by atoms with E-state index >= 15 is 4.39 Å². The molecule has 0 N–H and O–H groups in total. The SMILES string of the molecule is CC(=O)N1CCC(F)(c2cc3c(=NC(C)c4cccc(C(F)(F)F)c4C)nc4n(c3cn2)CCC4)CC1. The number of amides is 1. The largest absolute Gasteiger partial charge is 0.416 e. The summed E-state index contributed by atoms with van der Waals surface area (Å²) in [6.07, 6.45) is -0.859. The van der Waals surface area contributed by atoms with Crippen molar-refractivity contribution in [1.82, 2.24) is 19.4 Å². The molecular weight excluding hydrogens is 486 g/mol. The quantitative estimate of drug-likeness (QED) is 0.452. The van der Waals surface area contributed by atoms with Crippen molar-refractivity contribution in [3.8, 4) is 0 Å². The van der Waals surface area contributed by atoms with Gasteiger partial charge in [0.25, 0.3) is 0 Å². The van der Waals surface area contributed by atoms with Crippen LogP contribution in [0.3, 0.4) is 0 Å². The molecule has 37 heavy (non-hydrogen) atoms. The molecule has 0 aliphatic carbocycles. The first-order valence-electron chi connectivity index (χ1n) is 12.5. The predicted octanol–water partition coefficient (Wildman–Crippen LogP) is 5.17. The van der Waals surface area contributed by atoms with Crippen LogP contribution in [0.4, 0.5) is 17.6 Å². The van der Waals surface area contributed by atoms with Gasteiger partial charge in [0, 0.05) is 51.2 Å². The van der Waals surface area contributed by atoms with E-state index in [1.54, 1.807) is 30.2 Å². The average Bonchev–Trinajstić information content (AvgIpc) is 3.32. The Morgan fingerprint density at radius 3 is 2.59 bits per heavy atom. The van der Waals surface area contributed by atoms with E-state index in [0.717, 1.165) is 36.8 Å². The summed E-state index contributed by atoms with van der Waals surface area (Å²) < 4.78 is 58.6. The lowest BCUT2D eigenvalue weighted by atomic mass is 9.89. The lowest BCUT2D eigenvalue weighted by Gasteiger charge is -2.35. The van der Waals surface area contributed by atoms with Crippen LogP contribution in [-0.4, -0.2) is 38.4 Å². The third-order valence-corrected chi connectivity index (χ3v) is 7.65. The number of benzene rings is 1. The number of fused-ring (bicyclic) bond motifs is 3. The second-order valence-corrected chi connectivity index (χ2v) is 9.99. The van der Waals surface area contributed by atoms with Gasteiger partial charge in [0.05, 0.1) is 29.0 Å². The zero-order chi connectivity index (χ0) is 26.5. The maximum atomic E-state index is 16.0. The Morgan fingerprint density at radius 2 is 1.92 bits per heavy atom. The lowest BCUT2D eigenvalue weighted by Crippen LogP contribution is -2.42. The summed E-state index contributed by atoms with van der Waals surface area (Å²) in [5.41, 5.74) is -0.354. The summed E-state index contributed by atoms with van der Waals surface area (Å²) in [7, 11) is 0. The van der Waals surface area contributed by atoms with Crippen molar-refractivity contribution in [3.63, 3.8) is 0 Å². The number of piperidine rings is 1. The molecule has 0 spiro atoms. The van der Waals surface area contributed by atoms with Gasteiger partial charge in [-0.3, -0.25) is 14.8 Å². The van der Waals surface area contributed by atoms with Crippen LogP contribution in [0.15, 0.2) is 35.5 Å². The number of aromatic nitrogens is 3. The molecule has 196 valence electrons. The molecule has 0 radical (unpaired) electrons. The van der Waals surface area contributed by atoms with E-state index in [0.29, 0.717) is 29.5 Å². The number of nitrogens with zero attached hydrogens (tertiary/aromatic N) is 5. The molecule has 2 aromatic heterocycles. The van der Waals surface area contributed by atoms with Crippen LogP contribution in [0.5, 0.6) is 0 Å². The fraction of sp³-hybridized carbons (Fsp3) is 0.481. The molecule has 4 heterocycles. The Morgan fingerprint density at radius 1 is 1.19 bits per heavy atom. The smallest absolute Gasteiger partial charge is 0.343 e. The maximum absolute atomic E-state index is 16.0. The van der Waals surface area contributed by atoms with Gasteiger partial charge in [-0.2, -0.15) is 13.2 Å². The van der Waals surface area contributed by atoms with E-state index in [1.807, 2.05) is 0 Å². The minimum atomic E-state index is -4.46. The zero-order valence-electron chi connectivity index (χ0n) is 21.1. The van der Waals surface area contributed by atoms with E-state index in [2.05, 4.69) is 9.55 Å². The van der Waals surface area contributed by atoms with Crippen LogP contribution in [0.1, 0.15) is 67.4 Å². The molecule has 6 nitrogen and oxygen atoms in total. The van der Waals surface area contributed by atoms with Gasteiger partial charge in [0.15, 0.2) is 11.2 Å². The first-order chi connectivity index (χ1) is 17.5. The van der Waals surface area contributed by atoms with Crippen LogP contribution in [0, 0.1) is 6.92 Å². The Kier molecular flexibility index (Phi) is 6.32. The molecule has 1 amide bonds. The van der Waals surface area contributed by atoms with E-state index < -0.39 is 23.5 Å². The molecule has 1 atom stereocenters. The van der Waals surface area contributed by atoms with Gasteiger partial charge in [0.2, 0.25) is 5.91 Å². The van der Waals surface area contributed by atoms with Crippen LogP contribution in [0.25, 0.3) is 10.9 Å². The van der Waals surface area contributed by atoms with Crippen molar-refractivity contribution in [2.75, 3.05) is 13.1 Å². The summed E-state index contributed by atoms with van der Waals surface area (Å²) in [6.45, 7) is 6.06. The molecule has 1 aromatic carbocycles. The van der Waals surface area contributed by atoms with E-state index in [1.165, 1.54) is 19.9 Å². The lowest BCUT2D eigenvalue weighted by molar-refractivity contribution is -0.138. The number of rotatable bonds is 3. The predicted molar refractivity (Wildman–Crippen MR) is 130 cm³/mol. The van der Waals surface area contributed by atoms with Crippen molar-refractivity contribution >= 4 is 16.8 Å². The number of halogens is 4. The Bertz CT molecular complexity index is 1440. The molecule has 2 aliphatic rings. The van der Waals surface area contributed by atoms with Gasteiger partial charge in [-0.15, -0.1) is 0 Å². The number of aryl methyl sites for hydroxylation is 2. The number of hydrogen-bond acceptors (Lipinski definition) is 4. The van der Waals surface area contributed by atoms with E-state index in [9.17, 15) is 18.0 Å². The average molecular weight is 516 g/mol. The second-order valence-electron chi connectivity index (χ2n) is 9.99. The fourth-order valence-corrected chi connectivity index (χ4v) is 5.50. The molecule has 3 aromatic rings. The van der Waals surface area contributed by atoms with Crippen LogP contribution in [0.2, 0.25) is 0 Å². The van der Waals surface area contributed by atoms with Crippen molar-refractivity contribution in [3.05, 3.63) is 64.2 Å². The van der Waals surface area contributed by atoms with Crippen molar-refractivity contribution in [1.29, 1.82) is 0 Å². The summed E-state index contributed by atoms with van der Waals surface area (Å²) in [5.74, 6) is 0.753. The fourth-order valence-electron chi connectivity index (χ4n) is 5.50. The van der Waals surface area contributed by atoms with Gasteiger partial charge >= 0.3 is 6.18 Å². The third kappa shape index (κ3) is 4.62. The van der Waals surface area contributed by atoms with Gasteiger partial charge < -0.3 is 9.47 Å². The highest BCUT2D eigenvalue weighted by atomic mass is 19.4. The van der Waals surface area contributed by atoms with E-state index in [-0.39, 0.29) is 30.0 Å². The highest BCUT2D eigenvalue weighted by Gasteiger charge is 2.39. The number of hydrogen-bond donors (Lipinski definition) is 0. The van der Waals surface area contributed by atoms with Crippen molar-refractivity contribution in [2.24, 2.45) is 4.99 Å². The highest BCUT2D eigenvalue weighted by Crippen LogP contribution is 2.37. The van der Waals surface area contributed by atoms with Crippen LogP contribution >= 0.6 is 0 Å². The summed E-state index contributed by atoms with van der Waals surface area (Å²) >= 11 is 0. The third-order valence-electron chi connectivity index (χ3n) is 7.65. The van der Waals surface area contributed by atoms with Gasteiger partial charge in [-0.05, 0) is 43.5 Å². The topological polar surface area (TPSA) is 63.4 Å². The minimum absolute atomic E-state index is 0.0790. The number of carbonyl (C=O) groups is 1. The number of pyridine rings is 1. The van der Waals surface area contributed by atoms with Gasteiger partial charge in [0.1, 0.15) is 5.82 Å². The molecule has 0 bridgehead atoms. The van der Waals surface area contributed by atoms with Crippen LogP contribution < -0.4 is 5.49 Å². The zero-order valence-corrected chi connectivity index (χ0v) is 21.1. The van der Waals surface area contributed by atoms with E-state index in [4.69, 9.17) is 9.98 Å². The van der Waals surface area contributed by atoms with Crippen molar-refractivity contribution < 1.29 is 22.4 Å². The number of carbonyl (C=O) groups excluding carboxylic acids is 1. The minimum Gasteiger partial charge on any atom is -0.343 e. The molecule has 5 rings (SSSR count). The Hall–Kier alpha value is -3.30. The molecule has 0 saturated carbocycles. The highest BCUT2D eigenvalue weighted by molar-refractivity contribution is 5.78. The molecule has 1 unspecified atom stereocenters. The monoisotopic (exact) mass is 515 g/mol. The number of likely N-dealkylation sites (tertiary alicyclic amines) is 1. The summed E-state index contributed by atoms with van der Waals surface area (Å²) in [4.78, 5) is 27.3. The molecule has 2 aliphatic heterocycles. The summed E-state index contributed by atoms with van der Waals surface area (Å²) in [5, 5.41) is 0.623. The number of alkyl halides is 4. The molecule has 10 heteroatoms. The van der Waals surface area contributed by atoms with Crippen molar-refractivity contribution in [2.45, 2.75) is 70.9 Å².